The van der Waals surface area contributed by atoms with E-state index in [1.807, 2.05) is 12.1 Å². The Morgan fingerprint density at radius 1 is 1.32 bits per heavy atom. The van der Waals surface area contributed by atoms with Crippen LogP contribution in [0.25, 0.3) is 11.1 Å². The van der Waals surface area contributed by atoms with Crippen molar-refractivity contribution in [2.75, 3.05) is 5.73 Å². The molecule has 0 amide bonds. The Balaban J connectivity index is 1.62. The summed E-state index contributed by atoms with van der Waals surface area (Å²) >= 11 is 2.81. The van der Waals surface area contributed by atoms with Crippen LogP contribution >= 0.6 is 23.3 Å². The van der Waals surface area contributed by atoms with E-state index in [1.165, 1.54) is 36.1 Å². The fourth-order valence-corrected chi connectivity index (χ4v) is 3.34. The van der Waals surface area contributed by atoms with E-state index >= 15 is 0 Å². The van der Waals surface area contributed by atoms with E-state index in [0.717, 1.165) is 15.7 Å². The molecule has 0 unspecified atom stereocenters. The van der Waals surface area contributed by atoms with E-state index in [-0.39, 0.29) is 0 Å². The highest BCUT2D eigenvalue weighted by atomic mass is 32.2. The Morgan fingerprint density at radius 2 is 2.21 bits per heavy atom. The lowest BCUT2D eigenvalue weighted by Crippen LogP contribution is -1.81. The highest BCUT2D eigenvalue weighted by Crippen LogP contribution is 2.40. The second kappa shape index (κ2) is 4.21. The summed E-state index contributed by atoms with van der Waals surface area (Å²) in [5, 5.41) is 0.582. The smallest absolute Gasteiger partial charge is 0.264 e. The van der Waals surface area contributed by atoms with Gasteiger partial charge in [-0.3, -0.25) is 0 Å². The first-order valence-corrected chi connectivity index (χ1v) is 7.54. The zero-order chi connectivity index (χ0) is 12.8. The van der Waals surface area contributed by atoms with Gasteiger partial charge in [-0.1, -0.05) is 0 Å². The van der Waals surface area contributed by atoms with Crippen molar-refractivity contribution in [1.29, 1.82) is 0 Å². The Bertz CT molecular complexity index is 747. The van der Waals surface area contributed by atoms with Crippen molar-refractivity contribution >= 4 is 40.1 Å². The molecule has 0 spiro atoms. The van der Waals surface area contributed by atoms with Crippen molar-refractivity contribution in [2.24, 2.45) is 0 Å². The van der Waals surface area contributed by atoms with Crippen LogP contribution in [0.1, 0.15) is 24.6 Å². The van der Waals surface area contributed by atoms with Crippen LogP contribution in [0.4, 0.5) is 5.69 Å². The van der Waals surface area contributed by atoms with Gasteiger partial charge in [-0.25, -0.2) is 9.97 Å². The molecule has 0 bridgehead atoms. The molecule has 19 heavy (non-hydrogen) atoms. The zero-order valence-corrected chi connectivity index (χ0v) is 11.5. The van der Waals surface area contributed by atoms with Crippen molar-refractivity contribution in [1.82, 2.24) is 14.3 Å². The highest BCUT2D eigenvalue weighted by molar-refractivity contribution is 8.00. The molecule has 96 valence electrons. The second-order valence-electron chi connectivity index (χ2n) is 4.50. The standard InChI is InChI=1S/C12H10N4OS2/c13-7-3-4-8-9(5-7)17-11(14-8)18-12-15-10(16-19-12)6-1-2-6/h3-6H,1-2,13H2. The lowest BCUT2D eigenvalue weighted by molar-refractivity contribution is 0.489. The number of oxazole rings is 1. The van der Waals surface area contributed by atoms with Gasteiger partial charge in [0.25, 0.3) is 5.22 Å². The van der Waals surface area contributed by atoms with E-state index in [0.29, 0.717) is 22.4 Å². The first kappa shape index (κ1) is 11.2. The number of nitrogen functional groups attached to an aromatic ring is 1. The minimum Gasteiger partial charge on any atom is -0.431 e. The lowest BCUT2D eigenvalue weighted by Gasteiger charge is -1.88. The predicted octanol–water partition coefficient (Wildman–Crippen LogP) is 3.29. The minimum absolute atomic E-state index is 0.578. The van der Waals surface area contributed by atoms with Crippen LogP contribution in [-0.2, 0) is 0 Å². The summed E-state index contributed by atoms with van der Waals surface area (Å²) in [7, 11) is 0. The number of hydrogen-bond acceptors (Lipinski definition) is 7. The van der Waals surface area contributed by atoms with Crippen LogP contribution in [0.3, 0.4) is 0 Å². The molecule has 2 N–H and O–H groups in total. The number of nitrogens with zero attached hydrogens (tertiary/aromatic N) is 3. The number of aromatic nitrogens is 3. The number of benzene rings is 1. The van der Waals surface area contributed by atoms with Crippen molar-refractivity contribution in [3.63, 3.8) is 0 Å². The van der Waals surface area contributed by atoms with E-state index in [9.17, 15) is 0 Å². The SMILES string of the molecule is Nc1ccc2nc(Sc3nc(C4CC4)ns3)oc2c1. The molecule has 0 saturated heterocycles. The summed E-state index contributed by atoms with van der Waals surface area (Å²) in [4.78, 5) is 8.90. The van der Waals surface area contributed by atoms with Gasteiger partial charge < -0.3 is 10.2 Å². The number of hydrogen-bond donors (Lipinski definition) is 1. The number of fused-ring (bicyclic) bond motifs is 1. The third-order valence-corrected chi connectivity index (χ3v) is 4.55. The van der Waals surface area contributed by atoms with E-state index in [1.54, 1.807) is 6.07 Å². The molecular weight excluding hydrogens is 280 g/mol. The fraction of sp³-hybridized carbons (Fsp3) is 0.250. The average Bonchev–Trinajstić information content (AvgIpc) is 3.01. The van der Waals surface area contributed by atoms with Crippen LogP contribution in [-0.4, -0.2) is 14.3 Å². The Labute approximate surface area is 117 Å². The molecule has 0 atom stereocenters. The van der Waals surface area contributed by atoms with Gasteiger partial charge in [0.2, 0.25) is 0 Å². The van der Waals surface area contributed by atoms with Crippen LogP contribution in [0.15, 0.2) is 32.2 Å². The summed E-state index contributed by atoms with van der Waals surface area (Å²) in [5.41, 5.74) is 7.90. The number of anilines is 1. The first-order valence-electron chi connectivity index (χ1n) is 5.95. The van der Waals surface area contributed by atoms with Crippen molar-refractivity contribution in [2.45, 2.75) is 28.3 Å². The Hall–Kier alpha value is -1.60. The highest BCUT2D eigenvalue weighted by Gasteiger charge is 2.28. The molecule has 2 heterocycles. The van der Waals surface area contributed by atoms with Gasteiger partial charge in [-0.05, 0) is 36.5 Å². The van der Waals surface area contributed by atoms with Gasteiger partial charge in [0, 0.05) is 29.4 Å². The Kier molecular flexibility index (Phi) is 2.49. The fourth-order valence-electron chi connectivity index (χ4n) is 1.81. The third-order valence-electron chi connectivity index (χ3n) is 2.93. The number of rotatable bonds is 3. The van der Waals surface area contributed by atoms with Crippen LogP contribution in [0.2, 0.25) is 0 Å². The van der Waals surface area contributed by atoms with E-state index < -0.39 is 0 Å². The maximum Gasteiger partial charge on any atom is 0.264 e. The maximum absolute atomic E-state index is 5.71. The molecule has 7 heteroatoms. The van der Waals surface area contributed by atoms with Gasteiger partial charge in [0.15, 0.2) is 9.92 Å². The molecule has 2 aromatic heterocycles. The quantitative estimate of drug-likeness (QED) is 0.746. The molecule has 4 rings (SSSR count). The number of nitrogens with two attached hydrogens (primary N) is 1. The molecule has 5 nitrogen and oxygen atoms in total. The molecule has 1 saturated carbocycles. The maximum atomic E-state index is 5.71. The average molecular weight is 290 g/mol. The largest absolute Gasteiger partial charge is 0.431 e. The van der Waals surface area contributed by atoms with Crippen LogP contribution in [0, 0.1) is 0 Å². The molecule has 3 aromatic rings. The van der Waals surface area contributed by atoms with Crippen LogP contribution in [0.5, 0.6) is 0 Å². The molecule has 1 aromatic carbocycles. The van der Waals surface area contributed by atoms with Gasteiger partial charge in [0.05, 0.1) is 0 Å². The summed E-state index contributed by atoms with van der Waals surface area (Å²) in [6.07, 6.45) is 2.42. The third kappa shape index (κ3) is 2.19. The first-order chi connectivity index (χ1) is 9.28. The lowest BCUT2D eigenvalue weighted by atomic mass is 10.3. The monoisotopic (exact) mass is 290 g/mol. The van der Waals surface area contributed by atoms with E-state index in [2.05, 4.69) is 14.3 Å². The summed E-state index contributed by atoms with van der Waals surface area (Å²) < 4.78 is 10.9. The van der Waals surface area contributed by atoms with Crippen molar-refractivity contribution < 1.29 is 4.42 Å². The second-order valence-corrected chi connectivity index (χ2v) is 6.45. The van der Waals surface area contributed by atoms with Crippen LogP contribution < -0.4 is 5.73 Å². The zero-order valence-electron chi connectivity index (χ0n) is 9.87. The Morgan fingerprint density at radius 3 is 3.05 bits per heavy atom. The van der Waals surface area contributed by atoms with E-state index in [4.69, 9.17) is 10.2 Å². The van der Waals surface area contributed by atoms with Gasteiger partial charge >= 0.3 is 0 Å². The topological polar surface area (TPSA) is 77.8 Å². The molecule has 1 aliphatic carbocycles. The molecule has 1 aliphatic rings. The summed E-state index contributed by atoms with van der Waals surface area (Å²) in [6.45, 7) is 0. The van der Waals surface area contributed by atoms with Crippen molar-refractivity contribution in [3.05, 3.63) is 24.0 Å². The summed E-state index contributed by atoms with van der Waals surface area (Å²) in [5.74, 6) is 1.54. The normalized spacial score (nSPS) is 15.2. The van der Waals surface area contributed by atoms with Gasteiger partial charge in [0.1, 0.15) is 11.3 Å². The molecular formula is C12H10N4OS2. The summed E-state index contributed by atoms with van der Waals surface area (Å²) in [6, 6.07) is 5.45. The molecule has 1 fully saturated rings. The molecule has 0 aliphatic heterocycles. The molecule has 0 radical (unpaired) electrons. The predicted molar refractivity (Wildman–Crippen MR) is 74.4 cm³/mol. The minimum atomic E-state index is 0.578. The van der Waals surface area contributed by atoms with Crippen molar-refractivity contribution in [3.8, 4) is 0 Å². The van der Waals surface area contributed by atoms with Gasteiger partial charge in [-0.2, -0.15) is 4.37 Å². The van der Waals surface area contributed by atoms with Gasteiger partial charge in [-0.15, -0.1) is 0 Å².